The number of amides is 1. The van der Waals surface area contributed by atoms with E-state index in [4.69, 9.17) is 23.2 Å². The quantitative estimate of drug-likeness (QED) is 0.220. The molecule has 0 saturated heterocycles. The molecule has 4 aromatic rings. The summed E-state index contributed by atoms with van der Waals surface area (Å²) in [5.74, 6) is -4.18. The van der Waals surface area contributed by atoms with Crippen LogP contribution in [0.1, 0.15) is 38.3 Å². The summed E-state index contributed by atoms with van der Waals surface area (Å²) >= 11 is 11.9. The first-order valence-corrected chi connectivity index (χ1v) is 12.3. The maximum absolute atomic E-state index is 14.7. The first kappa shape index (κ1) is 30.3. The Hall–Kier alpha value is -3.70. The number of aromatic nitrogens is 1. The van der Waals surface area contributed by atoms with Gasteiger partial charge < -0.3 is 5.32 Å². The highest BCUT2D eigenvalue weighted by Crippen LogP contribution is 2.39. The average molecular weight is 619 g/mol. The average Bonchev–Trinajstić information content (AvgIpc) is 2.88. The van der Waals surface area contributed by atoms with Crippen molar-refractivity contribution in [1.29, 1.82) is 0 Å². The second-order valence-electron chi connectivity index (χ2n) is 8.94. The number of halogens is 10. The van der Waals surface area contributed by atoms with Gasteiger partial charge in [-0.05, 0) is 71.8 Å². The van der Waals surface area contributed by atoms with Crippen LogP contribution < -0.4 is 5.32 Å². The molecule has 0 aliphatic rings. The summed E-state index contributed by atoms with van der Waals surface area (Å²) in [5, 5.41) is 2.89. The molecule has 0 aliphatic carbocycles. The van der Waals surface area contributed by atoms with Crippen LogP contribution in [-0.4, -0.2) is 10.9 Å². The van der Waals surface area contributed by atoms with E-state index in [1.54, 1.807) is 0 Å². The minimum atomic E-state index is -5.15. The van der Waals surface area contributed by atoms with Crippen molar-refractivity contribution in [1.82, 2.24) is 10.3 Å². The minimum Gasteiger partial charge on any atom is -0.337 e. The van der Waals surface area contributed by atoms with E-state index in [0.717, 1.165) is 18.3 Å². The molecule has 0 radical (unpaired) electrons. The fourth-order valence-corrected chi connectivity index (χ4v) is 4.44. The Bertz CT molecular complexity index is 1570. The lowest BCUT2D eigenvalue weighted by molar-refractivity contribution is -0.140. The zero-order chi connectivity index (χ0) is 30.2. The van der Waals surface area contributed by atoms with Crippen molar-refractivity contribution in [2.24, 2.45) is 0 Å². The number of hydrogen-bond donors (Lipinski definition) is 1. The monoisotopic (exact) mass is 618 g/mol. The second-order valence-corrected chi connectivity index (χ2v) is 9.82. The van der Waals surface area contributed by atoms with E-state index >= 15 is 0 Å². The van der Waals surface area contributed by atoms with Gasteiger partial charge in [0.15, 0.2) is 0 Å². The van der Waals surface area contributed by atoms with Crippen LogP contribution in [-0.2, 0) is 24.3 Å². The van der Waals surface area contributed by atoms with E-state index in [9.17, 15) is 39.9 Å². The van der Waals surface area contributed by atoms with Gasteiger partial charge in [-0.25, -0.2) is 8.78 Å². The zero-order valence-corrected chi connectivity index (χ0v) is 21.9. The molecule has 3 aromatic carbocycles. The predicted octanol–water partition coefficient (Wildman–Crippen LogP) is 8.62. The van der Waals surface area contributed by atoms with E-state index in [2.05, 4.69) is 10.3 Å². The number of nitrogens with zero attached hydrogens (tertiary/aromatic N) is 1. The molecule has 13 heteroatoms. The van der Waals surface area contributed by atoms with Crippen molar-refractivity contribution in [3.8, 4) is 0 Å². The van der Waals surface area contributed by atoms with Crippen LogP contribution in [0.5, 0.6) is 0 Å². The second kappa shape index (κ2) is 11.3. The zero-order valence-electron chi connectivity index (χ0n) is 20.3. The highest BCUT2D eigenvalue weighted by molar-refractivity contribution is 6.30. The smallest absolute Gasteiger partial charge is 0.337 e. The number of carbonyl (C=O) groups excluding carboxylic acids is 1. The van der Waals surface area contributed by atoms with Crippen molar-refractivity contribution in [3.63, 3.8) is 0 Å². The first-order valence-electron chi connectivity index (χ1n) is 11.5. The van der Waals surface area contributed by atoms with Gasteiger partial charge in [0.2, 0.25) is 0 Å². The highest BCUT2D eigenvalue weighted by atomic mass is 35.5. The number of carbonyl (C=O) groups is 1. The molecule has 1 N–H and O–H groups in total. The first-order chi connectivity index (χ1) is 19.1. The van der Waals surface area contributed by atoms with E-state index in [0.29, 0.717) is 22.7 Å². The third-order valence-corrected chi connectivity index (χ3v) is 6.60. The Morgan fingerprint density at radius 3 is 1.98 bits per heavy atom. The molecule has 41 heavy (non-hydrogen) atoms. The van der Waals surface area contributed by atoms with Gasteiger partial charge in [-0.2, -0.15) is 26.3 Å². The van der Waals surface area contributed by atoms with Crippen LogP contribution in [0, 0.1) is 11.6 Å². The molecule has 1 amide bonds. The lowest BCUT2D eigenvalue weighted by atomic mass is 9.79. The largest absolute Gasteiger partial charge is 0.419 e. The summed E-state index contributed by atoms with van der Waals surface area (Å²) in [5.41, 5.74) is -6.08. The van der Waals surface area contributed by atoms with Crippen molar-refractivity contribution in [2.75, 3.05) is 0 Å². The van der Waals surface area contributed by atoms with Crippen LogP contribution >= 0.6 is 23.2 Å². The molecule has 1 atom stereocenters. The van der Waals surface area contributed by atoms with Gasteiger partial charge in [0.05, 0.1) is 21.8 Å². The number of hydrogen-bond acceptors (Lipinski definition) is 2. The molecular formula is C28H16Cl2F8N2O. The molecule has 3 nitrogen and oxygen atoms in total. The molecular weight excluding hydrogens is 603 g/mol. The molecule has 4 rings (SSSR count). The fourth-order valence-electron chi connectivity index (χ4n) is 4.21. The number of benzene rings is 3. The third kappa shape index (κ3) is 6.79. The van der Waals surface area contributed by atoms with E-state index in [1.807, 2.05) is 0 Å². The molecule has 0 aliphatic heterocycles. The SMILES string of the molecule is O=C(N[C@@](Cc1ccc(Cl)cc1)(c1cc(F)cc(C(F)(F)F)c1)c1ccc(Cl)cn1)c1ccc(F)c(C(F)(F)F)c1. The van der Waals surface area contributed by atoms with Crippen LogP contribution in [0.25, 0.3) is 0 Å². The van der Waals surface area contributed by atoms with Gasteiger partial charge in [-0.3, -0.25) is 9.78 Å². The van der Waals surface area contributed by atoms with E-state index in [-0.39, 0.29) is 29.3 Å². The molecule has 0 unspecified atom stereocenters. The summed E-state index contributed by atoms with van der Waals surface area (Å²) in [4.78, 5) is 17.6. The Labute approximate surface area is 237 Å². The topological polar surface area (TPSA) is 42.0 Å². The molecule has 1 aromatic heterocycles. The molecule has 214 valence electrons. The number of nitrogens with one attached hydrogen (secondary N) is 1. The molecule has 0 spiro atoms. The lowest BCUT2D eigenvalue weighted by Gasteiger charge is -2.36. The number of pyridine rings is 1. The van der Waals surface area contributed by atoms with Gasteiger partial charge in [-0.15, -0.1) is 0 Å². The van der Waals surface area contributed by atoms with Gasteiger partial charge in [0.1, 0.15) is 17.2 Å². The minimum absolute atomic E-state index is 0.115. The van der Waals surface area contributed by atoms with Crippen molar-refractivity contribution >= 4 is 29.1 Å². The molecule has 0 saturated carbocycles. The van der Waals surface area contributed by atoms with Crippen LogP contribution in [0.2, 0.25) is 10.0 Å². The Morgan fingerprint density at radius 1 is 0.756 bits per heavy atom. The van der Waals surface area contributed by atoms with Crippen LogP contribution in [0.3, 0.4) is 0 Å². The van der Waals surface area contributed by atoms with Gasteiger partial charge >= 0.3 is 12.4 Å². The Morgan fingerprint density at radius 2 is 1.39 bits per heavy atom. The van der Waals surface area contributed by atoms with Gasteiger partial charge in [0, 0.05) is 23.2 Å². The predicted molar refractivity (Wildman–Crippen MR) is 135 cm³/mol. The summed E-state index contributed by atoms with van der Waals surface area (Å²) < 4.78 is 110. The van der Waals surface area contributed by atoms with Crippen LogP contribution in [0.4, 0.5) is 35.1 Å². The summed E-state index contributed by atoms with van der Waals surface area (Å²) in [6.07, 6.45) is -9.39. The maximum Gasteiger partial charge on any atom is 0.419 e. The number of rotatable bonds is 6. The molecule has 1 heterocycles. The van der Waals surface area contributed by atoms with Gasteiger partial charge in [0.25, 0.3) is 5.91 Å². The lowest BCUT2D eigenvalue weighted by Crippen LogP contribution is -2.49. The Balaban J connectivity index is 1.98. The summed E-state index contributed by atoms with van der Waals surface area (Å²) in [6.45, 7) is 0. The molecule has 0 fully saturated rings. The normalized spacial score (nSPS) is 13.5. The van der Waals surface area contributed by atoms with Crippen LogP contribution in [0.15, 0.2) is 79.0 Å². The number of alkyl halides is 6. The summed E-state index contributed by atoms with van der Waals surface area (Å²) in [6, 6.07) is 11.5. The highest BCUT2D eigenvalue weighted by Gasteiger charge is 2.42. The fraction of sp³-hybridized carbons (Fsp3) is 0.143. The summed E-state index contributed by atoms with van der Waals surface area (Å²) in [7, 11) is 0. The Kier molecular flexibility index (Phi) is 8.33. The van der Waals surface area contributed by atoms with E-state index < -0.39 is 57.7 Å². The van der Waals surface area contributed by atoms with Gasteiger partial charge in [-0.1, -0.05) is 35.3 Å². The van der Waals surface area contributed by atoms with Crippen molar-refractivity contribution < 1.29 is 39.9 Å². The third-order valence-electron chi connectivity index (χ3n) is 6.13. The van der Waals surface area contributed by atoms with E-state index in [1.165, 1.54) is 36.4 Å². The standard InChI is InChI=1S/C28H16Cl2F8N2O/c29-19-4-1-15(2-5-19)13-26(24-8-6-20(30)14-39-24,17-10-18(27(33,34)35)12-21(31)11-17)40-25(41)16-3-7-23(32)22(9-16)28(36,37)38/h1-12,14H,13H2,(H,40,41)/t26-/m0/s1. The molecule has 0 bridgehead atoms. The van der Waals surface area contributed by atoms with Crippen molar-refractivity contribution in [2.45, 2.75) is 24.3 Å². The van der Waals surface area contributed by atoms with Crippen molar-refractivity contribution in [3.05, 3.63) is 134 Å². The maximum atomic E-state index is 14.7.